The molecule has 1 spiro atoms. The number of rotatable bonds is 17. The van der Waals surface area contributed by atoms with Crippen molar-refractivity contribution in [2.45, 2.75) is 259 Å². The number of allylic oxidation sites excluding steroid dienone is 3. The van der Waals surface area contributed by atoms with Crippen LogP contribution in [0.25, 0.3) is 0 Å². The van der Waals surface area contributed by atoms with Gasteiger partial charge in [-0.25, -0.2) is 0 Å². The van der Waals surface area contributed by atoms with Crippen LogP contribution in [0.5, 0.6) is 0 Å². The molecule has 26 nitrogen and oxygen atoms in total. The zero-order chi connectivity index (χ0) is 61.8. The topological polar surface area (TPSA) is 388 Å². The van der Waals surface area contributed by atoms with E-state index in [1.165, 1.54) is 19.6 Å². The van der Waals surface area contributed by atoms with Gasteiger partial charge in [0, 0.05) is 13.5 Å². The highest BCUT2D eigenvalue weighted by Crippen LogP contribution is 2.75. The maximum Gasteiger partial charge on any atom is 0.314 e. The highest BCUT2D eigenvalue weighted by atomic mass is 16.8. The van der Waals surface area contributed by atoms with Crippen molar-refractivity contribution >= 4 is 11.8 Å². The summed E-state index contributed by atoms with van der Waals surface area (Å²) >= 11 is 0. The lowest BCUT2D eigenvalue weighted by molar-refractivity contribution is -0.390. The number of carbonyl (C=O) groups is 2. The molecule has 0 bridgehead atoms. The van der Waals surface area contributed by atoms with Gasteiger partial charge in [-0.2, -0.15) is 0 Å². The first kappa shape index (κ1) is 65.6. The Labute approximate surface area is 494 Å². The van der Waals surface area contributed by atoms with E-state index in [0.717, 1.165) is 24.8 Å². The Morgan fingerprint density at radius 1 is 0.659 bits per heavy atom. The summed E-state index contributed by atoms with van der Waals surface area (Å²) in [4.78, 5) is 28.9. The van der Waals surface area contributed by atoms with Crippen LogP contribution in [0.4, 0.5) is 0 Å². The molecule has 0 radical (unpaired) electrons. The number of cyclic esters (lactones) is 1. The minimum atomic E-state index is -1.96. The summed E-state index contributed by atoms with van der Waals surface area (Å²) in [7, 11) is 1.21. The molecule has 26 heteroatoms. The molecule has 12 N–H and O–H groups in total. The largest absolute Gasteiger partial charge is 0.458 e. The predicted molar refractivity (Wildman–Crippen MR) is 287 cm³/mol. The number of aliphatic hydroxyl groups is 12. The Morgan fingerprint density at radius 3 is 1.94 bits per heavy atom. The highest BCUT2D eigenvalue weighted by Gasteiger charge is 2.79. The maximum absolute atomic E-state index is 14.5. The second kappa shape index (κ2) is 24.7. The summed E-state index contributed by atoms with van der Waals surface area (Å²) in [6, 6.07) is 0. The minimum absolute atomic E-state index is 0.000864. The fourth-order valence-electron chi connectivity index (χ4n) is 17.0. The number of ether oxygens (including phenoxy) is 12. The molecule has 0 amide bonds. The van der Waals surface area contributed by atoms with Crippen LogP contribution in [0, 0.1) is 39.4 Å². The lowest BCUT2D eigenvalue weighted by Gasteiger charge is -2.63. The van der Waals surface area contributed by atoms with Gasteiger partial charge in [-0.3, -0.25) is 9.59 Å². The molecule has 6 aliphatic heterocycles. The Balaban J connectivity index is 0.858. The van der Waals surface area contributed by atoms with Crippen LogP contribution >= 0.6 is 0 Å². The van der Waals surface area contributed by atoms with E-state index in [0.29, 0.717) is 32.1 Å². The fourth-order valence-corrected chi connectivity index (χ4v) is 17.0. The van der Waals surface area contributed by atoms with Crippen molar-refractivity contribution in [3.8, 4) is 0 Å². The number of carbonyl (C=O) groups excluding carboxylic acids is 2. The van der Waals surface area contributed by atoms with E-state index >= 15 is 0 Å². The minimum Gasteiger partial charge on any atom is -0.458 e. The number of methoxy groups -OCH3 is 1. The molecule has 31 atom stereocenters. The third-order valence-electron chi connectivity index (χ3n) is 21.6. The lowest BCUT2D eigenvalue weighted by Crippen LogP contribution is -2.66. The zero-order valence-electron chi connectivity index (χ0n) is 49.6. The molecule has 0 aromatic carbocycles. The Hall–Kier alpha value is -2.30. The summed E-state index contributed by atoms with van der Waals surface area (Å²) in [5, 5.41) is 131. The molecule has 3 saturated carbocycles. The van der Waals surface area contributed by atoms with Crippen LogP contribution in [0.1, 0.15) is 106 Å². The standard InChI is InChI=1S/C59H92O26/c1-24(2)11-10-16-58(8)48-28(62)19-57(7)27-12-13-33-55(4,5)34(15-17-56(33,6)26(27)14-18-59(48,57)54(73)85-58)81-53-47(37(66)32(23-76-53)80-51-40(69)38(67)35(64)30(20-60)78-51)84-50-41(70)39(68)44(25(3)77-50)82-49-42(71)45(29(63)22-75-49)83-52-43(72)46(74-9)36(65)31(21-61)79-52/h14,25,27,29-53,60-61,63-72H,1,10-13,15-23H2,2-9H3/t25?,27?,29?,30?,31?,32?,33?,34?,35?,36?,37?,38?,39?,40?,41?,42?,43?,44?,45?,46?,47?,48?,49?,50?,51?,52?,53?,56?,57-,58-,59?/m0/s1. The number of hydrogen-bond donors (Lipinski definition) is 12. The molecule has 0 aromatic heterocycles. The predicted octanol–water partition coefficient (Wildman–Crippen LogP) is -1.75. The molecule has 6 heterocycles. The van der Waals surface area contributed by atoms with Gasteiger partial charge in [0.1, 0.15) is 115 Å². The average molecular weight is 1220 g/mol. The van der Waals surface area contributed by atoms with Crippen LogP contribution in [0.3, 0.4) is 0 Å². The highest BCUT2D eigenvalue weighted by molar-refractivity contribution is 5.99. The van der Waals surface area contributed by atoms with Crippen molar-refractivity contribution in [2.24, 2.45) is 39.4 Å². The van der Waals surface area contributed by atoms with Crippen molar-refractivity contribution in [3.63, 3.8) is 0 Å². The molecule has 10 rings (SSSR count). The molecule has 29 unspecified atom stereocenters. The van der Waals surface area contributed by atoms with E-state index in [-0.39, 0.29) is 35.4 Å². The zero-order valence-corrected chi connectivity index (χ0v) is 49.6. The van der Waals surface area contributed by atoms with Gasteiger partial charge >= 0.3 is 5.97 Å². The van der Waals surface area contributed by atoms with Crippen molar-refractivity contribution in [3.05, 3.63) is 23.8 Å². The van der Waals surface area contributed by atoms with E-state index in [4.69, 9.17) is 56.8 Å². The van der Waals surface area contributed by atoms with Crippen LogP contribution in [0.15, 0.2) is 23.8 Å². The van der Waals surface area contributed by atoms with Crippen molar-refractivity contribution in [2.75, 3.05) is 33.5 Å². The second-order valence-electron chi connectivity index (χ2n) is 27.1. The summed E-state index contributed by atoms with van der Waals surface area (Å²) in [5.74, 6) is -0.827. The Kier molecular flexibility index (Phi) is 19.1. The SMILES string of the molecule is C=C(C)CCC[C@]1(C)OC(=O)C23CC=C4C(CCC5C4(C)CCC(OC4OCC(OC6OC(CO)C(O)C(O)C6O)C(O)C4OC4OC(C)C(OC6OCC(O)C(OC7OC(CO)C(O)C(OC)C7O)C6O)C(O)C4O)C5(C)C)[C@]2(C)CC(=O)C31. The van der Waals surface area contributed by atoms with Gasteiger partial charge in [-0.15, -0.1) is 6.58 Å². The first-order valence-corrected chi connectivity index (χ1v) is 30.2. The smallest absolute Gasteiger partial charge is 0.314 e. The fraction of sp³-hybridized carbons (Fsp3) is 0.898. The van der Waals surface area contributed by atoms with Crippen LogP contribution in [0.2, 0.25) is 0 Å². The van der Waals surface area contributed by atoms with Gasteiger partial charge in [0.2, 0.25) is 0 Å². The number of esters is 1. The normalized spacial score (nSPS) is 52.3. The van der Waals surface area contributed by atoms with E-state index in [2.05, 4.69) is 40.3 Å². The summed E-state index contributed by atoms with van der Waals surface area (Å²) in [5.41, 5.74) is -1.29. The van der Waals surface area contributed by atoms with E-state index < -0.39 is 202 Å². The molecule has 484 valence electrons. The van der Waals surface area contributed by atoms with E-state index in [9.17, 15) is 70.9 Å². The molecule has 85 heavy (non-hydrogen) atoms. The first-order chi connectivity index (χ1) is 40.0. The van der Waals surface area contributed by atoms with Gasteiger partial charge in [0.25, 0.3) is 0 Å². The third-order valence-corrected chi connectivity index (χ3v) is 21.6. The average Bonchev–Trinajstić information content (AvgIpc) is 1.54. The molecular weight excluding hydrogens is 1120 g/mol. The van der Waals surface area contributed by atoms with Gasteiger partial charge in [-0.1, -0.05) is 44.9 Å². The molecule has 10 aliphatic rings. The molecule has 4 aliphatic carbocycles. The molecule has 6 saturated heterocycles. The van der Waals surface area contributed by atoms with Gasteiger partial charge < -0.3 is 118 Å². The number of fused-ring (bicyclic) bond motifs is 4. The number of aliphatic hydroxyl groups excluding tert-OH is 12. The van der Waals surface area contributed by atoms with Gasteiger partial charge in [-0.05, 0) is 100 Å². The van der Waals surface area contributed by atoms with Crippen molar-refractivity contribution in [1.29, 1.82) is 0 Å². The summed E-state index contributed by atoms with van der Waals surface area (Å²) in [6.45, 7) is 15.7. The van der Waals surface area contributed by atoms with Crippen molar-refractivity contribution in [1.82, 2.24) is 0 Å². The Bertz CT molecular complexity index is 2430. The lowest BCUT2D eigenvalue weighted by atomic mass is 9.41. The van der Waals surface area contributed by atoms with Gasteiger partial charge in [0.05, 0.1) is 50.0 Å². The van der Waals surface area contributed by atoms with Crippen LogP contribution in [-0.2, 0) is 66.4 Å². The summed E-state index contributed by atoms with van der Waals surface area (Å²) in [6.07, 6.45) is -29.8. The van der Waals surface area contributed by atoms with E-state index in [1.807, 2.05) is 13.8 Å². The number of ketones is 1. The van der Waals surface area contributed by atoms with Crippen LogP contribution in [-0.4, -0.2) is 260 Å². The number of hydrogen-bond acceptors (Lipinski definition) is 26. The maximum atomic E-state index is 14.5. The quantitative estimate of drug-likeness (QED) is 0.0437. The molecule has 0 aromatic rings. The first-order valence-electron chi connectivity index (χ1n) is 30.2. The number of Topliss-reactive ketones (excluding diaryl/α,β-unsaturated/α-hetero) is 1. The van der Waals surface area contributed by atoms with E-state index in [1.54, 1.807) is 0 Å². The molecular formula is C59H92O26. The monoisotopic (exact) mass is 1220 g/mol. The van der Waals surface area contributed by atoms with Crippen LogP contribution < -0.4 is 0 Å². The molecule has 9 fully saturated rings. The van der Waals surface area contributed by atoms with Crippen molar-refractivity contribution < 1.29 is 128 Å². The Morgan fingerprint density at radius 2 is 1.27 bits per heavy atom. The third kappa shape index (κ3) is 11.1. The second-order valence-corrected chi connectivity index (χ2v) is 27.1. The summed E-state index contributed by atoms with van der Waals surface area (Å²) < 4.78 is 72.1. The van der Waals surface area contributed by atoms with Gasteiger partial charge in [0.15, 0.2) is 31.5 Å².